The second-order valence-electron chi connectivity index (χ2n) is 3.88. The van der Waals surface area contributed by atoms with Crippen LogP contribution in [0.2, 0.25) is 5.02 Å². The van der Waals surface area contributed by atoms with E-state index >= 15 is 0 Å². The molecule has 1 N–H and O–H groups in total. The summed E-state index contributed by atoms with van der Waals surface area (Å²) in [6.07, 6.45) is 2.63. The van der Waals surface area contributed by atoms with Crippen molar-refractivity contribution in [2.24, 2.45) is 0 Å². The summed E-state index contributed by atoms with van der Waals surface area (Å²) in [6, 6.07) is 4.55. The molecule has 1 heterocycles. The molecule has 0 bridgehead atoms. The molecule has 0 aliphatic rings. The number of hydrogen-bond donors (Lipinski definition) is 1. The van der Waals surface area contributed by atoms with Gasteiger partial charge < -0.3 is 5.32 Å². The van der Waals surface area contributed by atoms with Gasteiger partial charge in [-0.05, 0) is 25.1 Å². The fourth-order valence-electron chi connectivity index (χ4n) is 1.65. The average molecular weight is 269 g/mol. The normalized spacial score (nSPS) is 10.8. The van der Waals surface area contributed by atoms with Gasteiger partial charge in [0.2, 0.25) is 0 Å². The van der Waals surface area contributed by atoms with Crippen LogP contribution in [-0.2, 0) is 6.54 Å². The van der Waals surface area contributed by atoms with Gasteiger partial charge in [-0.2, -0.15) is 0 Å². The zero-order valence-electron chi connectivity index (χ0n) is 10.0. The summed E-state index contributed by atoms with van der Waals surface area (Å²) in [5, 5.41) is 11.2. The second-order valence-corrected chi connectivity index (χ2v) is 4.29. The van der Waals surface area contributed by atoms with Gasteiger partial charge in [-0.25, -0.2) is 9.07 Å². The highest BCUT2D eigenvalue weighted by molar-refractivity contribution is 6.32. The van der Waals surface area contributed by atoms with E-state index in [-0.39, 0.29) is 5.69 Å². The summed E-state index contributed by atoms with van der Waals surface area (Å²) < 4.78 is 15.2. The number of nitrogens with zero attached hydrogens (tertiary/aromatic N) is 3. The predicted octanol–water partition coefficient (Wildman–Crippen LogP) is 2.56. The smallest absolute Gasteiger partial charge is 0.150 e. The van der Waals surface area contributed by atoms with Crippen molar-refractivity contribution in [3.63, 3.8) is 0 Å². The van der Waals surface area contributed by atoms with Crippen LogP contribution in [-0.4, -0.2) is 21.5 Å². The maximum absolute atomic E-state index is 13.8. The third-order valence-corrected chi connectivity index (χ3v) is 2.81. The Morgan fingerprint density at radius 2 is 2.28 bits per heavy atom. The van der Waals surface area contributed by atoms with Crippen molar-refractivity contribution in [2.45, 2.75) is 19.9 Å². The number of nitrogens with one attached hydrogen (secondary N) is 1. The van der Waals surface area contributed by atoms with E-state index in [9.17, 15) is 4.39 Å². The molecule has 0 atom stereocenters. The predicted molar refractivity (Wildman–Crippen MR) is 68.3 cm³/mol. The largest absolute Gasteiger partial charge is 0.311 e. The summed E-state index contributed by atoms with van der Waals surface area (Å²) in [5.74, 6) is -0.412. The van der Waals surface area contributed by atoms with E-state index in [0.717, 1.165) is 18.7 Å². The van der Waals surface area contributed by atoms with E-state index in [1.807, 2.05) is 0 Å². The van der Waals surface area contributed by atoms with Crippen molar-refractivity contribution >= 4 is 11.6 Å². The molecule has 1 aromatic carbocycles. The van der Waals surface area contributed by atoms with E-state index in [1.54, 1.807) is 18.3 Å². The molecule has 0 radical (unpaired) electrons. The molecule has 0 amide bonds. The summed E-state index contributed by atoms with van der Waals surface area (Å²) in [4.78, 5) is 0. The summed E-state index contributed by atoms with van der Waals surface area (Å²) in [5.41, 5.74) is 1.01. The third kappa shape index (κ3) is 2.68. The number of halogens is 2. The lowest BCUT2D eigenvalue weighted by molar-refractivity contribution is 0.592. The summed E-state index contributed by atoms with van der Waals surface area (Å²) >= 11 is 6.01. The van der Waals surface area contributed by atoms with Crippen molar-refractivity contribution in [1.29, 1.82) is 0 Å². The molecule has 0 spiro atoms. The molecule has 2 rings (SSSR count). The quantitative estimate of drug-likeness (QED) is 0.848. The third-order valence-electron chi connectivity index (χ3n) is 2.50. The highest BCUT2D eigenvalue weighted by Gasteiger charge is 2.13. The molecule has 0 aliphatic carbocycles. The maximum atomic E-state index is 13.8. The minimum absolute atomic E-state index is 0.241. The van der Waals surface area contributed by atoms with Crippen LogP contribution in [0.15, 0.2) is 24.4 Å². The van der Waals surface area contributed by atoms with E-state index in [2.05, 4.69) is 22.6 Å². The van der Waals surface area contributed by atoms with Crippen LogP contribution < -0.4 is 5.32 Å². The Morgan fingerprint density at radius 1 is 1.44 bits per heavy atom. The van der Waals surface area contributed by atoms with Crippen molar-refractivity contribution in [1.82, 2.24) is 20.3 Å². The van der Waals surface area contributed by atoms with Crippen LogP contribution in [0.3, 0.4) is 0 Å². The van der Waals surface area contributed by atoms with E-state index in [1.165, 1.54) is 10.7 Å². The zero-order valence-corrected chi connectivity index (χ0v) is 10.8. The van der Waals surface area contributed by atoms with E-state index in [0.29, 0.717) is 11.6 Å². The Balaban J connectivity index is 2.31. The lowest BCUT2D eigenvalue weighted by Crippen LogP contribution is -2.17. The number of hydrogen-bond acceptors (Lipinski definition) is 3. The Labute approximate surface area is 110 Å². The van der Waals surface area contributed by atoms with E-state index < -0.39 is 5.82 Å². The van der Waals surface area contributed by atoms with Crippen molar-refractivity contribution in [3.8, 4) is 5.69 Å². The Morgan fingerprint density at radius 3 is 3.00 bits per heavy atom. The van der Waals surface area contributed by atoms with Crippen LogP contribution in [0.25, 0.3) is 5.69 Å². The first-order valence-corrected chi connectivity index (χ1v) is 6.16. The minimum atomic E-state index is -0.412. The van der Waals surface area contributed by atoms with Crippen LogP contribution in [0.5, 0.6) is 0 Å². The Kier molecular flexibility index (Phi) is 4.28. The lowest BCUT2D eigenvalue weighted by Gasteiger charge is -2.09. The minimum Gasteiger partial charge on any atom is -0.311 e. The standard InChI is InChI=1S/C12H14ClFN4/c1-2-6-15-7-9-8-16-17-18(9)12-10(13)4-3-5-11(12)14/h3-5,8,15H,2,6-7H2,1H3. The van der Waals surface area contributed by atoms with E-state index in [4.69, 9.17) is 11.6 Å². The van der Waals surface area contributed by atoms with Crippen LogP contribution in [0.1, 0.15) is 19.0 Å². The molecule has 6 heteroatoms. The lowest BCUT2D eigenvalue weighted by atomic mass is 10.3. The molecule has 18 heavy (non-hydrogen) atoms. The van der Waals surface area contributed by atoms with Gasteiger partial charge in [-0.1, -0.05) is 29.8 Å². The highest BCUT2D eigenvalue weighted by atomic mass is 35.5. The topological polar surface area (TPSA) is 42.7 Å². The molecule has 0 fully saturated rings. The fraction of sp³-hybridized carbons (Fsp3) is 0.333. The zero-order chi connectivity index (χ0) is 13.0. The summed E-state index contributed by atoms with van der Waals surface area (Å²) in [6.45, 7) is 3.54. The first-order valence-electron chi connectivity index (χ1n) is 5.78. The van der Waals surface area contributed by atoms with Gasteiger partial charge in [0.05, 0.1) is 16.9 Å². The van der Waals surface area contributed by atoms with Crippen LogP contribution >= 0.6 is 11.6 Å². The Bertz CT molecular complexity index is 506. The Hall–Kier alpha value is -1.46. The van der Waals surface area contributed by atoms with Gasteiger partial charge in [-0.3, -0.25) is 0 Å². The van der Waals surface area contributed by atoms with Crippen molar-refractivity contribution < 1.29 is 4.39 Å². The number of benzene rings is 1. The molecular weight excluding hydrogens is 255 g/mol. The van der Waals surface area contributed by atoms with Gasteiger partial charge in [-0.15, -0.1) is 5.10 Å². The molecule has 0 saturated heterocycles. The fourth-order valence-corrected chi connectivity index (χ4v) is 1.89. The average Bonchev–Trinajstić information content (AvgIpc) is 2.78. The van der Waals surface area contributed by atoms with Crippen LogP contribution in [0.4, 0.5) is 4.39 Å². The molecule has 4 nitrogen and oxygen atoms in total. The maximum Gasteiger partial charge on any atom is 0.150 e. The monoisotopic (exact) mass is 268 g/mol. The van der Waals surface area contributed by atoms with Gasteiger partial charge in [0.15, 0.2) is 0 Å². The molecular formula is C12H14ClFN4. The first-order chi connectivity index (χ1) is 8.74. The van der Waals surface area contributed by atoms with Gasteiger partial charge >= 0.3 is 0 Å². The second kappa shape index (κ2) is 5.93. The number of para-hydroxylation sites is 1. The molecule has 2 aromatic rings. The molecule has 0 unspecified atom stereocenters. The van der Waals surface area contributed by atoms with Gasteiger partial charge in [0.25, 0.3) is 0 Å². The molecule has 0 saturated carbocycles. The molecule has 96 valence electrons. The first kappa shape index (κ1) is 13.0. The van der Waals surface area contributed by atoms with Gasteiger partial charge in [0, 0.05) is 6.54 Å². The van der Waals surface area contributed by atoms with Crippen molar-refractivity contribution in [2.75, 3.05) is 6.54 Å². The van der Waals surface area contributed by atoms with Crippen molar-refractivity contribution in [3.05, 3.63) is 40.9 Å². The van der Waals surface area contributed by atoms with Crippen LogP contribution in [0, 0.1) is 5.82 Å². The number of rotatable bonds is 5. The molecule has 1 aromatic heterocycles. The van der Waals surface area contributed by atoms with Gasteiger partial charge in [0.1, 0.15) is 11.5 Å². The SMILES string of the molecule is CCCNCc1cnnn1-c1c(F)cccc1Cl. The summed E-state index contributed by atoms with van der Waals surface area (Å²) in [7, 11) is 0. The molecule has 0 aliphatic heterocycles. The highest BCUT2D eigenvalue weighted by Crippen LogP contribution is 2.23. The number of aromatic nitrogens is 3.